The molecule has 1 atom stereocenters. The van der Waals surface area contributed by atoms with Gasteiger partial charge in [-0.3, -0.25) is 11.3 Å². The van der Waals surface area contributed by atoms with Crippen LogP contribution >= 0.6 is 11.7 Å². The first kappa shape index (κ1) is 12.2. The third kappa shape index (κ3) is 2.88. The molecule has 2 aromatic rings. The van der Waals surface area contributed by atoms with Crippen LogP contribution in [0.3, 0.4) is 0 Å². The van der Waals surface area contributed by atoms with Gasteiger partial charge in [0.05, 0.1) is 29.7 Å². The lowest BCUT2D eigenvalue weighted by Crippen LogP contribution is -2.30. The molecule has 0 aliphatic heterocycles. The van der Waals surface area contributed by atoms with Crippen molar-refractivity contribution in [2.24, 2.45) is 5.84 Å². The molecule has 1 aromatic heterocycles. The van der Waals surface area contributed by atoms with Crippen LogP contribution in [0.25, 0.3) is 0 Å². The van der Waals surface area contributed by atoms with Crippen LogP contribution in [0.5, 0.6) is 0 Å². The van der Waals surface area contributed by atoms with E-state index in [2.05, 4.69) is 46.2 Å². The van der Waals surface area contributed by atoms with Gasteiger partial charge in [0.1, 0.15) is 0 Å². The Kier molecular flexibility index (Phi) is 3.83. The molecule has 0 saturated carbocycles. The molecule has 0 fully saturated rings. The minimum absolute atomic E-state index is 0.0225. The zero-order valence-corrected chi connectivity index (χ0v) is 10.8. The molecule has 1 heterocycles. The van der Waals surface area contributed by atoms with Gasteiger partial charge in [0.2, 0.25) is 0 Å². The van der Waals surface area contributed by atoms with Gasteiger partial charge >= 0.3 is 0 Å². The highest BCUT2D eigenvalue weighted by molar-refractivity contribution is 6.99. The summed E-state index contributed by atoms with van der Waals surface area (Å²) in [5.41, 5.74) is 7.54. The van der Waals surface area contributed by atoms with E-state index < -0.39 is 0 Å². The summed E-state index contributed by atoms with van der Waals surface area (Å²) in [5, 5.41) is 0. The number of nitrogens with zero attached hydrogens (tertiary/aromatic N) is 2. The Balaban J connectivity index is 2.21. The second-order valence-electron chi connectivity index (χ2n) is 4.19. The summed E-state index contributed by atoms with van der Waals surface area (Å²) in [6.45, 7) is 4.21. The predicted octanol–water partition coefficient (Wildman–Crippen LogP) is 1.90. The number of aromatic nitrogens is 2. The standard InChI is InChI=1S/C12H16N4S/c1-8-3-4-9(2)10(5-8)6-11(15-13)12-7-14-17-16-12/h3-5,7,11,15H,6,13H2,1-2H3. The molecule has 0 saturated heterocycles. The molecular formula is C12H16N4S. The van der Waals surface area contributed by atoms with Gasteiger partial charge in [0.15, 0.2) is 0 Å². The lowest BCUT2D eigenvalue weighted by atomic mass is 9.98. The fourth-order valence-corrected chi connectivity index (χ4v) is 2.29. The van der Waals surface area contributed by atoms with E-state index in [9.17, 15) is 0 Å². The van der Waals surface area contributed by atoms with Crippen molar-refractivity contribution in [2.75, 3.05) is 0 Å². The second-order valence-corrected chi connectivity index (χ2v) is 4.74. The number of aryl methyl sites for hydroxylation is 2. The molecule has 1 aromatic carbocycles. The molecule has 17 heavy (non-hydrogen) atoms. The van der Waals surface area contributed by atoms with Crippen LogP contribution in [0.15, 0.2) is 24.4 Å². The number of hydrogen-bond donors (Lipinski definition) is 2. The van der Waals surface area contributed by atoms with Crippen molar-refractivity contribution in [1.82, 2.24) is 14.2 Å². The van der Waals surface area contributed by atoms with Crippen LogP contribution in [0.1, 0.15) is 28.4 Å². The monoisotopic (exact) mass is 248 g/mol. The first-order chi connectivity index (χ1) is 8.20. The lowest BCUT2D eigenvalue weighted by molar-refractivity contribution is 0.541. The van der Waals surface area contributed by atoms with Crippen molar-refractivity contribution in [2.45, 2.75) is 26.3 Å². The lowest BCUT2D eigenvalue weighted by Gasteiger charge is -2.15. The molecule has 4 nitrogen and oxygen atoms in total. The smallest absolute Gasteiger partial charge is 0.0929 e. The zero-order valence-electron chi connectivity index (χ0n) is 9.97. The van der Waals surface area contributed by atoms with Crippen molar-refractivity contribution in [3.05, 3.63) is 46.8 Å². The highest BCUT2D eigenvalue weighted by Crippen LogP contribution is 2.19. The number of nitrogens with two attached hydrogens (primary N) is 1. The first-order valence-electron chi connectivity index (χ1n) is 5.50. The number of hydrogen-bond acceptors (Lipinski definition) is 5. The Hall–Kier alpha value is -1.30. The number of benzene rings is 1. The van der Waals surface area contributed by atoms with E-state index in [0.717, 1.165) is 12.1 Å². The summed E-state index contributed by atoms with van der Waals surface area (Å²) in [5.74, 6) is 5.59. The highest BCUT2D eigenvalue weighted by Gasteiger charge is 2.14. The van der Waals surface area contributed by atoms with Crippen molar-refractivity contribution in [1.29, 1.82) is 0 Å². The van der Waals surface area contributed by atoms with Gasteiger partial charge in [-0.15, -0.1) is 0 Å². The van der Waals surface area contributed by atoms with Gasteiger partial charge in [-0.1, -0.05) is 23.8 Å². The molecule has 2 rings (SSSR count). The van der Waals surface area contributed by atoms with E-state index in [-0.39, 0.29) is 6.04 Å². The summed E-state index contributed by atoms with van der Waals surface area (Å²) in [6, 6.07) is 6.47. The van der Waals surface area contributed by atoms with E-state index in [1.54, 1.807) is 6.20 Å². The van der Waals surface area contributed by atoms with Gasteiger partial charge in [-0.25, -0.2) is 0 Å². The summed E-state index contributed by atoms with van der Waals surface area (Å²) in [4.78, 5) is 0. The summed E-state index contributed by atoms with van der Waals surface area (Å²) < 4.78 is 8.23. The van der Waals surface area contributed by atoms with Crippen LogP contribution in [0.2, 0.25) is 0 Å². The van der Waals surface area contributed by atoms with Gasteiger partial charge in [-0.2, -0.15) is 8.75 Å². The molecule has 0 radical (unpaired) electrons. The third-order valence-electron chi connectivity index (χ3n) is 2.87. The molecular weight excluding hydrogens is 232 g/mol. The van der Waals surface area contributed by atoms with Crippen molar-refractivity contribution >= 4 is 11.7 Å². The predicted molar refractivity (Wildman–Crippen MR) is 69.6 cm³/mol. The quantitative estimate of drug-likeness (QED) is 0.641. The van der Waals surface area contributed by atoms with Crippen molar-refractivity contribution in [3.63, 3.8) is 0 Å². The van der Waals surface area contributed by atoms with E-state index in [1.807, 2.05) is 0 Å². The van der Waals surface area contributed by atoms with E-state index in [1.165, 1.54) is 28.4 Å². The second kappa shape index (κ2) is 5.35. The molecule has 5 heteroatoms. The molecule has 0 bridgehead atoms. The maximum Gasteiger partial charge on any atom is 0.0929 e. The van der Waals surface area contributed by atoms with E-state index in [4.69, 9.17) is 5.84 Å². The molecule has 0 aliphatic carbocycles. The molecule has 0 aliphatic rings. The first-order valence-corrected chi connectivity index (χ1v) is 6.23. The maximum absolute atomic E-state index is 5.59. The number of rotatable bonds is 4. The van der Waals surface area contributed by atoms with Crippen molar-refractivity contribution in [3.8, 4) is 0 Å². The van der Waals surface area contributed by atoms with Crippen LogP contribution in [0.4, 0.5) is 0 Å². The zero-order chi connectivity index (χ0) is 12.3. The molecule has 0 spiro atoms. The van der Waals surface area contributed by atoms with Crippen LogP contribution in [-0.4, -0.2) is 8.75 Å². The number of nitrogens with one attached hydrogen (secondary N) is 1. The Morgan fingerprint density at radius 2 is 2.24 bits per heavy atom. The van der Waals surface area contributed by atoms with Crippen LogP contribution in [0, 0.1) is 13.8 Å². The molecule has 0 amide bonds. The van der Waals surface area contributed by atoms with Crippen LogP contribution in [-0.2, 0) is 6.42 Å². The fraction of sp³-hybridized carbons (Fsp3) is 0.333. The van der Waals surface area contributed by atoms with Gasteiger partial charge < -0.3 is 0 Å². The van der Waals surface area contributed by atoms with E-state index in [0.29, 0.717) is 0 Å². The minimum atomic E-state index is 0.0225. The van der Waals surface area contributed by atoms with Crippen LogP contribution < -0.4 is 11.3 Å². The Bertz CT molecular complexity index is 481. The van der Waals surface area contributed by atoms with Gasteiger partial charge in [0.25, 0.3) is 0 Å². The molecule has 90 valence electrons. The normalized spacial score (nSPS) is 12.6. The Morgan fingerprint density at radius 3 is 2.88 bits per heavy atom. The summed E-state index contributed by atoms with van der Waals surface area (Å²) in [6.07, 6.45) is 2.59. The Morgan fingerprint density at radius 1 is 1.41 bits per heavy atom. The van der Waals surface area contributed by atoms with Gasteiger partial charge in [-0.05, 0) is 31.4 Å². The number of hydrazine groups is 1. The molecule has 3 N–H and O–H groups in total. The SMILES string of the molecule is Cc1ccc(C)c(CC(NN)c2cnsn2)c1. The summed E-state index contributed by atoms with van der Waals surface area (Å²) >= 11 is 1.21. The highest BCUT2D eigenvalue weighted by atomic mass is 32.1. The molecule has 1 unspecified atom stereocenters. The van der Waals surface area contributed by atoms with Gasteiger partial charge in [0, 0.05) is 0 Å². The average molecular weight is 248 g/mol. The maximum atomic E-state index is 5.59. The topological polar surface area (TPSA) is 63.8 Å². The summed E-state index contributed by atoms with van der Waals surface area (Å²) in [7, 11) is 0. The minimum Gasteiger partial charge on any atom is -0.271 e. The largest absolute Gasteiger partial charge is 0.271 e. The fourth-order valence-electron chi connectivity index (χ4n) is 1.81. The third-order valence-corrected chi connectivity index (χ3v) is 3.36. The van der Waals surface area contributed by atoms with E-state index >= 15 is 0 Å². The average Bonchev–Trinajstić information content (AvgIpc) is 2.84. The van der Waals surface area contributed by atoms with Crippen molar-refractivity contribution < 1.29 is 0 Å². The Labute approximate surface area is 105 Å².